The first-order valence-electron chi connectivity index (χ1n) is 11.4. The van der Waals surface area contributed by atoms with Gasteiger partial charge in [-0.1, -0.05) is 57.9 Å². The fourth-order valence-electron chi connectivity index (χ4n) is 3.67. The molecule has 0 bridgehead atoms. The molecule has 166 valence electrons. The van der Waals surface area contributed by atoms with Crippen molar-refractivity contribution in [2.45, 2.75) is 65.3 Å². The molecule has 0 aliphatic rings. The van der Waals surface area contributed by atoms with Crippen molar-refractivity contribution in [3.63, 3.8) is 0 Å². The number of nitrogens with zero attached hydrogens (tertiary/aromatic N) is 7. The standard InChI is InChI=1S/C24H30N8/c1-4-6-7-15-32-21(26-23(29-32)17(3)5-2)16-18-10-12-19(13-11-18)22-20(9-8-14-25-22)24-27-30-31-28-24/h8-14,17H,4-7,15-16H2,1-3H3,(H,27,28,30,31). The first-order valence-corrected chi connectivity index (χ1v) is 11.4. The second kappa shape index (κ2) is 10.3. The Morgan fingerprint density at radius 2 is 1.91 bits per heavy atom. The van der Waals surface area contributed by atoms with E-state index in [0.717, 1.165) is 54.3 Å². The lowest BCUT2D eigenvalue weighted by Gasteiger charge is -2.08. The van der Waals surface area contributed by atoms with Crippen LogP contribution in [-0.2, 0) is 13.0 Å². The van der Waals surface area contributed by atoms with E-state index in [1.165, 1.54) is 18.4 Å². The van der Waals surface area contributed by atoms with Crippen molar-refractivity contribution < 1.29 is 0 Å². The summed E-state index contributed by atoms with van der Waals surface area (Å²) in [5.74, 6) is 2.97. The van der Waals surface area contributed by atoms with Gasteiger partial charge in [0.05, 0.1) is 5.69 Å². The van der Waals surface area contributed by atoms with Crippen LogP contribution in [0.1, 0.15) is 69.6 Å². The van der Waals surface area contributed by atoms with Crippen LogP contribution in [0.15, 0.2) is 42.6 Å². The number of hydrogen-bond acceptors (Lipinski definition) is 6. The molecule has 0 aliphatic heterocycles. The Morgan fingerprint density at radius 3 is 2.62 bits per heavy atom. The number of aromatic nitrogens is 8. The van der Waals surface area contributed by atoms with Crippen molar-refractivity contribution >= 4 is 0 Å². The number of unbranched alkanes of at least 4 members (excludes halogenated alkanes) is 2. The average Bonchev–Trinajstić information content (AvgIpc) is 3.50. The first kappa shape index (κ1) is 21.8. The summed E-state index contributed by atoms with van der Waals surface area (Å²) < 4.78 is 2.11. The van der Waals surface area contributed by atoms with Gasteiger partial charge in [0.2, 0.25) is 0 Å². The molecular weight excluding hydrogens is 400 g/mol. The third kappa shape index (κ3) is 4.90. The average molecular weight is 431 g/mol. The number of aryl methyl sites for hydroxylation is 1. The lowest BCUT2D eigenvalue weighted by atomic mass is 10.0. The van der Waals surface area contributed by atoms with Crippen LogP contribution in [0.25, 0.3) is 22.6 Å². The van der Waals surface area contributed by atoms with Crippen molar-refractivity contribution in [1.29, 1.82) is 0 Å². The Balaban J connectivity index is 1.57. The molecule has 4 rings (SSSR count). The summed E-state index contributed by atoms with van der Waals surface area (Å²) in [4.78, 5) is 9.46. The second-order valence-corrected chi connectivity index (χ2v) is 8.15. The highest BCUT2D eigenvalue weighted by molar-refractivity contribution is 5.76. The Morgan fingerprint density at radius 1 is 1.06 bits per heavy atom. The molecule has 8 nitrogen and oxygen atoms in total. The van der Waals surface area contributed by atoms with Crippen molar-refractivity contribution in [2.75, 3.05) is 0 Å². The zero-order valence-electron chi connectivity index (χ0n) is 19.0. The highest BCUT2D eigenvalue weighted by atomic mass is 15.5. The first-order chi connectivity index (χ1) is 15.7. The zero-order valence-corrected chi connectivity index (χ0v) is 19.0. The number of tetrazole rings is 1. The van der Waals surface area contributed by atoms with Crippen molar-refractivity contribution in [3.05, 3.63) is 59.8 Å². The van der Waals surface area contributed by atoms with E-state index in [4.69, 9.17) is 10.1 Å². The highest BCUT2D eigenvalue weighted by Crippen LogP contribution is 2.28. The van der Waals surface area contributed by atoms with Crippen LogP contribution in [0.3, 0.4) is 0 Å². The highest BCUT2D eigenvalue weighted by Gasteiger charge is 2.16. The molecule has 0 aliphatic carbocycles. The predicted octanol–water partition coefficient (Wildman–Crippen LogP) is 4.81. The summed E-state index contributed by atoms with van der Waals surface area (Å²) in [6.07, 6.45) is 7.12. The van der Waals surface area contributed by atoms with E-state index >= 15 is 0 Å². The quantitative estimate of drug-likeness (QED) is 0.362. The van der Waals surface area contributed by atoms with E-state index in [-0.39, 0.29) is 0 Å². The molecule has 0 spiro atoms. The summed E-state index contributed by atoms with van der Waals surface area (Å²) in [7, 11) is 0. The van der Waals surface area contributed by atoms with Gasteiger partial charge in [0.25, 0.3) is 0 Å². The van der Waals surface area contributed by atoms with Gasteiger partial charge in [0.1, 0.15) is 5.82 Å². The lowest BCUT2D eigenvalue weighted by Crippen LogP contribution is -2.07. The molecule has 0 fully saturated rings. The largest absolute Gasteiger partial charge is 0.255 e. The molecular formula is C24H30N8. The molecule has 0 radical (unpaired) electrons. The van der Waals surface area contributed by atoms with Crippen molar-refractivity contribution in [3.8, 4) is 22.6 Å². The maximum Gasteiger partial charge on any atom is 0.181 e. The van der Waals surface area contributed by atoms with Gasteiger partial charge >= 0.3 is 0 Å². The van der Waals surface area contributed by atoms with Crippen LogP contribution >= 0.6 is 0 Å². The second-order valence-electron chi connectivity index (χ2n) is 8.15. The van der Waals surface area contributed by atoms with Crippen LogP contribution in [0.5, 0.6) is 0 Å². The van der Waals surface area contributed by atoms with Gasteiger partial charge in [-0.3, -0.25) is 4.98 Å². The number of aromatic amines is 1. The van der Waals surface area contributed by atoms with Crippen molar-refractivity contribution in [1.82, 2.24) is 40.4 Å². The van der Waals surface area contributed by atoms with Crippen LogP contribution < -0.4 is 0 Å². The van der Waals surface area contributed by atoms with Crippen LogP contribution in [0.2, 0.25) is 0 Å². The molecule has 1 N–H and O–H groups in total. The third-order valence-corrected chi connectivity index (χ3v) is 5.79. The molecule has 32 heavy (non-hydrogen) atoms. The van der Waals surface area contributed by atoms with Gasteiger partial charge in [-0.2, -0.15) is 5.10 Å². The number of nitrogens with one attached hydrogen (secondary N) is 1. The summed E-state index contributed by atoms with van der Waals surface area (Å²) in [6.45, 7) is 7.52. The lowest BCUT2D eigenvalue weighted by molar-refractivity contribution is 0.526. The van der Waals surface area contributed by atoms with Crippen molar-refractivity contribution in [2.24, 2.45) is 0 Å². The number of pyridine rings is 1. The predicted molar refractivity (Wildman–Crippen MR) is 124 cm³/mol. The monoisotopic (exact) mass is 430 g/mol. The Kier molecular flexibility index (Phi) is 6.99. The zero-order chi connectivity index (χ0) is 22.3. The van der Waals surface area contributed by atoms with E-state index in [2.05, 4.69) is 75.3 Å². The minimum atomic E-state index is 0.372. The number of rotatable bonds is 10. The topological polar surface area (TPSA) is 98.1 Å². The Labute approximate surface area is 188 Å². The smallest absolute Gasteiger partial charge is 0.181 e. The van der Waals surface area contributed by atoms with E-state index < -0.39 is 0 Å². The van der Waals surface area contributed by atoms with Gasteiger partial charge < -0.3 is 0 Å². The van der Waals surface area contributed by atoms with E-state index in [1.807, 2.05) is 12.1 Å². The molecule has 3 aromatic heterocycles. The summed E-state index contributed by atoms with van der Waals surface area (Å²) in [5, 5.41) is 19.1. The molecule has 8 heteroatoms. The number of H-pyrrole nitrogens is 1. The minimum Gasteiger partial charge on any atom is -0.255 e. The fraction of sp³-hybridized carbons (Fsp3) is 0.417. The van der Waals surface area contributed by atoms with Gasteiger partial charge in [0, 0.05) is 36.2 Å². The molecule has 4 aromatic rings. The maximum atomic E-state index is 4.90. The SMILES string of the molecule is CCCCCn1nc(C(C)CC)nc1Cc1ccc(-c2ncccc2-c2nnn[nH]2)cc1. The van der Waals surface area contributed by atoms with Gasteiger partial charge in [-0.15, -0.1) is 5.10 Å². The Bertz CT molecular complexity index is 1120. The minimum absolute atomic E-state index is 0.372. The summed E-state index contributed by atoms with van der Waals surface area (Å²) in [6, 6.07) is 12.3. The molecule has 1 unspecified atom stereocenters. The normalized spacial score (nSPS) is 12.2. The molecule has 0 amide bonds. The van der Waals surface area contributed by atoms with Crippen LogP contribution in [0.4, 0.5) is 0 Å². The molecule has 3 heterocycles. The van der Waals surface area contributed by atoms with Gasteiger partial charge in [-0.25, -0.2) is 14.8 Å². The van der Waals surface area contributed by atoms with Gasteiger partial charge in [0.15, 0.2) is 11.6 Å². The number of hydrogen-bond donors (Lipinski definition) is 1. The summed E-state index contributed by atoms with van der Waals surface area (Å²) >= 11 is 0. The number of benzene rings is 1. The van der Waals surface area contributed by atoms with E-state index in [0.29, 0.717) is 11.7 Å². The van der Waals surface area contributed by atoms with Gasteiger partial charge in [-0.05, 0) is 41.0 Å². The summed E-state index contributed by atoms with van der Waals surface area (Å²) in [5.41, 5.74) is 3.94. The fourth-order valence-corrected chi connectivity index (χ4v) is 3.67. The maximum absolute atomic E-state index is 4.90. The van der Waals surface area contributed by atoms with Crippen LogP contribution in [0, 0.1) is 0 Å². The van der Waals surface area contributed by atoms with E-state index in [1.54, 1.807) is 6.20 Å². The molecule has 0 saturated carbocycles. The molecule has 1 aromatic carbocycles. The molecule has 0 saturated heterocycles. The third-order valence-electron chi connectivity index (χ3n) is 5.79. The Hall–Kier alpha value is -3.42. The van der Waals surface area contributed by atoms with Crippen LogP contribution in [-0.4, -0.2) is 40.4 Å². The molecule has 1 atom stereocenters. The van der Waals surface area contributed by atoms with E-state index in [9.17, 15) is 0 Å².